The lowest BCUT2D eigenvalue weighted by molar-refractivity contribution is 0.244. The highest BCUT2D eigenvalue weighted by Crippen LogP contribution is 2.33. The Morgan fingerprint density at radius 1 is 1.24 bits per heavy atom. The number of benzene rings is 1. The lowest BCUT2D eigenvalue weighted by atomic mass is 10.1. The summed E-state index contributed by atoms with van der Waals surface area (Å²) < 4.78 is 10.9. The lowest BCUT2D eigenvalue weighted by Crippen LogP contribution is -2.12. The molecule has 0 amide bonds. The number of ether oxygens (including phenoxy) is 1. The summed E-state index contributed by atoms with van der Waals surface area (Å²) in [4.78, 5) is 0. The molecule has 1 atom stereocenters. The second-order valence-corrected chi connectivity index (χ2v) is 5.49. The van der Waals surface area contributed by atoms with Gasteiger partial charge in [-0.2, -0.15) is 0 Å². The molecular formula is C16H23N3O2. The molecule has 1 heterocycles. The van der Waals surface area contributed by atoms with Gasteiger partial charge in [0.25, 0.3) is 0 Å². The van der Waals surface area contributed by atoms with Gasteiger partial charge in [-0.3, -0.25) is 0 Å². The van der Waals surface area contributed by atoms with Crippen molar-refractivity contribution in [1.82, 2.24) is 5.16 Å². The number of aromatic nitrogens is 1. The van der Waals surface area contributed by atoms with Gasteiger partial charge in [0.15, 0.2) is 0 Å². The molecule has 0 aliphatic rings. The Morgan fingerprint density at radius 3 is 2.52 bits per heavy atom. The predicted molar refractivity (Wildman–Crippen MR) is 84.6 cm³/mol. The molecular weight excluding hydrogens is 266 g/mol. The number of hydrogen-bond donors (Lipinski definition) is 2. The molecule has 1 aromatic carbocycles. The van der Waals surface area contributed by atoms with Crippen LogP contribution in [-0.4, -0.2) is 11.3 Å². The maximum atomic E-state index is 6.18. The van der Waals surface area contributed by atoms with Crippen molar-refractivity contribution >= 4 is 11.4 Å². The Bertz CT molecular complexity index is 600. The van der Waals surface area contributed by atoms with Crippen molar-refractivity contribution in [1.29, 1.82) is 0 Å². The lowest BCUT2D eigenvalue weighted by Gasteiger charge is -2.19. The Morgan fingerprint density at radius 2 is 1.95 bits per heavy atom. The van der Waals surface area contributed by atoms with Crippen molar-refractivity contribution in [3.8, 4) is 5.75 Å². The second kappa shape index (κ2) is 6.08. The summed E-state index contributed by atoms with van der Waals surface area (Å²) in [6.07, 6.45) is 0.0857. The van der Waals surface area contributed by atoms with Gasteiger partial charge in [-0.1, -0.05) is 11.2 Å². The van der Waals surface area contributed by atoms with E-state index in [1.807, 2.05) is 45.9 Å². The van der Waals surface area contributed by atoms with Crippen LogP contribution in [0.4, 0.5) is 11.4 Å². The van der Waals surface area contributed by atoms with Crippen LogP contribution in [0.15, 0.2) is 22.7 Å². The first-order valence-corrected chi connectivity index (χ1v) is 7.14. The molecule has 0 aliphatic heterocycles. The molecule has 1 unspecified atom stereocenters. The zero-order chi connectivity index (χ0) is 15.6. The van der Waals surface area contributed by atoms with Gasteiger partial charge in [0.2, 0.25) is 0 Å². The maximum Gasteiger partial charge on any atom is 0.144 e. The molecule has 0 saturated carbocycles. The SMILES string of the molecule is Cc1noc(C)c1C(C)Nc1cccc(OC(C)C)c1N. The first-order chi connectivity index (χ1) is 9.90. The fourth-order valence-electron chi connectivity index (χ4n) is 2.44. The van der Waals surface area contributed by atoms with Crippen LogP contribution in [0.5, 0.6) is 5.75 Å². The second-order valence-electron chi connectivity index (χ2n) is 5.49. The number of nitrogens with one attached hydrogen (secondary N) is 1. The minimum Gasteiger partial charge on any atom is -0.489 e. The number of anilines is 2. The summed E-state index contributed by atoms with van der Waals surface area (Å²) in [5.74, 6) is 1.52. The quantitative estimate of drug-likeness (QED) is 0.818. The van der Waals surface area contributed by atoms with Crippen LogP contribution >= 0.6 is 0 Å². The van der Waals surface area contributed by atoms with E-state index in [2.05, 4.69) is 17.4 Å². The monoisotopic (exact) mass is 289 g/mol. The van der Waals surface area contributed by atoms with Gasteiger partial charge in [-0.25, -0.2) is 0 Å². The Hall–Kier alpha value is -2.17. The summed E-state index contributed by atoms with van der Waals surface area (Å²) in [6, 6.07) is 5.79. The molecule has 0 fully saturated rings. The average Bonchev–Trinajstić information content (AvgIpc) is 2.73. The van der Waals surface area contributed by atoms with Crippen molar-refractivity contribution in [3.63, 3.8) is 0 Å². The first kappa shape index (κ1) is 15.2. The van der Waals surface area contributed by atoms with E-state index < -0.39 is 0 Å². The van der Waals surface area contributed by atoms with E-state index in [1.54, 1.807) is 0 Å². The summed E-state index contributed by atoms with van der Waals surface area (Å²) in [6.45, 7) is 9.86. The molecule has 5 heteroatoms. The number of aryl methyl sites for hydroxylation is 2. The molecule has 0 saturated heterocycles. The number of nitrogen functional groups attached to an aromatic ring is 1. The minimum atomic E-state index is 0.0489. The zero-order valence-electron chi connectivity index (χ0n) is 13.2. The molecule has 114 valence electrons. The van der Waals surface area contributed by atoms with E-state index in [9.17, 15) is 0 Å². The average molecular weight is 289 g/mol. The highest BCUT2D eigenvalue weighted by atomic mass is 16.5. The highest BCUT2D eigenvalue weighted by Gasteiger charge is 2.17. The smallest absolute Gasteiger partial charge is 0.144 e. The van der Waals surface area contributed by atoms with Crippen molar-refractivity contribution in [2.75, 3.05) is 11.1 Å². The number of nitrogens with two attached hydrogens (primary N) is 1. The summed E-state index contributed by atoms with van der Waals surface area (Å²) >= 11 is 0. The highest BCUT2D eigenvalue weighted by molar-refractivity contribution is 5.73. The molecule has 0 aliphatic carbocycles. The van der Waals surface area contributed by atoms with Crippen molar-refractivity contribution in [2.24, 2.45) is 0 Å². The van der Waals surface area contributed by atoms with Crippen LogP contribution in [0.1, 0.15) is 43.8 Å². The molecule has 2 rings (SSSR count). The number of nitrogens with zero attached hydrogens (tertiary/aromatic N) is 1. The standard InChI is InChI=1S/C16H23N3O2/c1-9(2)20-14-8-6-7-13(16(14)17)18-10(3)15-11(4)19-21-12(15)5/h6-10,18H,17H2,1-5H3. The third-order valence-electron chi connectivity index (χ3n) is 3.32. The zero-order valence-corrected chi connectivity index (χ0v) is 13.2. The summed E-state index contributed by atoms with van der Waals surface area (Å²) in [5, 5.41) is 7.39. The van der Waals surface area contributed by atoms with E-state index in [1.165, 1.54) is 0 Å². The van der Waals surface area contributed by atoms with Crippen LogP contribution in [0.2, 0.25) is 0 Å². The fourth-order valence-corrected chi connectivity index (χ4v) is 2.44. The van der Waals surface area contributed by atoms with Gasteiger partial charge >= 0.3 is 0 Å². The fraction of sp³-hybridized carbons (Fsp3) is 0.438. The topological polar surface area (TPSA) is 73.3 Å². The van der Waals surface area contributed by atoms with E-state index in [0.29, 0.717) is 11.4 Å². The Balaban J connectivity index is 2.24. The molecule has 0 spiro atoms. The molecule has 1 aromatic heterocycles. The molecule has 0 radical (unpaired) electrons. The summed E-state index contributed by atoms with van der Waals surface area (Å²) in [5.41, 5.74) is 9.60. The van der Waals surface area contributed by atoms with Gasteiger partial charge in [0.05, 0.1) is 29.2 Å². The Labute approximate surface area is 125 Å². The van der Waals surface area contributed by atoms with Crippen LogP contribution in [-0.2, 0) is 0 Å². The largest absolute Gasteiger partial charge is 0.489 e. The van der Waals surface area contributed by atoms with E-state index in [-0.39, 0.29) is 12.1 Å². The van der Waals surface area contributed by atoms with Gasteiger partial charge in [-0.15, -0.1) is 0 Å². The third-order valence-corrected chi connectivity index (χ3v) is 3.32. The molecule has 5 nitrogen and oxygen atoms in total. The van der Waals surface area contributed by atoms with E-state index in [0.717, 1.165) is 22.7 Å². The maximum absolute atomic E-state index is 6.18. The van der Waals surface area contributed by atoms with Crippen molar-refractivity contribution in [3.05, 3.63) is 35.2 Å². The van der Waals surface area contributed by atoms with Crippen LogP contribution in [0, 0.1) is 13.8 Å². The number of para-hydroxylation sites is 1. The Kier molecular flexibility index (Phi) is 4.40. The number of hydrogen-bond acceptors (Lipinski definition) is 5. The van der Waals surface area contributed by atoms with Crippen molar-refractivity contribution < 1.29 is 9.26 Å². The third kappa shape index (κ3) is 3.29. The predicted octanol–water partition coefficient (Wildman–Crippen LogP) is 3.83. The van der Waals surface area contributed by atoms with Gasteiger partial charge < -0.3 is 20.3 Å². The normalized spacial score (nSPS) is 12.5. The van der Waals surface area contributed by atoms with Crippen molar-refractivity contribution in [2.45, 2.75) is 46.8 Å². The van der Waals surface area contributed by atoms with Gasteiger partial charge in [0, 0.05) is 5.56 Å². The van der Waals surface area contributed by atoms with Gasteiger partial charge in [0.1, 0.15) is 11.5 Å². The molecule has 0 bridgehead atoms. The van der Waals surface area contributed by atoms with Crippen LogP contribution in [0.3, 0.4) is 0 Å². The van der Waals surface area contributed by atoms with E-state index >= 15 is 0 Å². The minimum absolute atomic E-state index is 0.0489. The molecule has 2 aromatic rings. The van der Waals surface area contributed by atoms with Crippen LogP contribution in [0.25, 0.3) is 0 Å². The number of rotatable bonds is 5. The van der Waals surface area contributed by atoms with Gasteiger partial charge in [-0.05, 0) is 46.8 Å². The van der Waals surface area contributed by atoms with Crippen LogP contribution < -0.4 is 15.8 Å². The molecule has 3 N–H and O–H groups in total. The van der Waals surface area contributed by atoms with E-state index in [4.69, 9.17) is 15.0 Å². The summed E-state index contributed by atoms with van der Waals surface area (Å²) in [7, 11) is 0. The molecule has 21 heavy (non-hydrogen) atoms. The first-order valence-electron chi connectivity index (χ1n) is 7.14.